The number of hydrogen-bond acceptors (Lipinski definition) is 5. The van der Waals surface area contributed by atoms with E-state index in [9.17, 15) is 9.59 Å². The molecule has 5 nitrogen and oxygen atoms in total. The number of ether oxygens (including phenoxy) is 3. The van der Waals surface area contributed by atoms with Gasteiger partial charge in [0.05, 0.1) is 6.61 Å². The number of allylic oxidation sites excluding steroid dienone is 6. The lowest BCUT2D eigenvalue weighted by Gasteiger charge is -2.18. The lowest BCUT2D eigenvalue weighted by molar-refractivity contribution is -0.163. The van der Waals surface area contributed by atoms with Gasteiger partial charge < -0.3 is 14.2 Å². The summed E-state index contributed by atoms with van der Waals surface area (Å²) in [5.41, 5.74) is 0. The molecule has 0 saturated heterocycles. The van der Waals surface area contributed by atoms with E-state index in [1.807, 2.05) is 0 Å². The van der Waals surface area contributed by atoms with Crippen molar-refractivity contribution in [2.75, 3.05) is 19.8 Å². The minimum Gasteiger partial charge on any atom is -0.462 e. The molecule has 0 aliphatic heterocycles. The van der Waals surface area contributed by atoms with Crippen molar-refractivity contribution in [2.24, 2.45) is 0 Å². The Kier molecular flexibility index (Phi) is 43.9. The van der Waals surface area contributed by atoms with Crippen LogP contribution in [0.15, 0.2) is 36.5 Å². The van der Waals surface area contributed by atoms with Crippen LogP contribution in [0.1, 0.15) is 239 Å². The largest absolute Gasteiger partial charge is 0.462 e. The van der Waals surface area contributed by atoms with Crippen molar-refractivity contribution in [1.29, 1.82) is 0 Å². The van der Waals surface area contributed by atoms with Crippen LogP contribution in [-0.2, 0) is 23.8 Å². The molecule has 0 N–H and O–H groups in total. The van der Waals surface area contributed by atoms with Crippen LogP contribution < -0.4 is 0 Å². The number of unbranched alkanes of at least 4 members (excludes halogenated alkanes) is 26. The van der Waals surface area contributed by atoms with Crippen molar-refractivity contribution in [2.45, 2.75) is 245 Å². The highest BCUT2D eigenvalue weighted by Crippen LogP contribution is 2.15. The molecule has 1 unspecified atom stereocenters. The second-order valence-corrected chi connectivity index (χ2v) is 15.6. The summed E-state index contributed by atoms with van der Waals surface area (Å²) in [5, 5.41) is 0. The van der Waals surface area contributed by atoms with E-state index in [4.69, 9.17) is 14.2 Å². The first-order chi connectivity index (χ1) is 26.6. The zero-order valence-corrected chi connectivity index (χ0v) is 36.2. The molecule has 0 aromatic rings. The summed E-state index contributed by atoms with van der Waals surface area (Å²) in [5.74, 6) is -0.401. The van der Waals surface area contributed by atoms with Crippen LogP contribution in [-0.4, -0.2) is 37.9 Å². The molecule has 0 aliphatic rings. The normalized spacial score (nSPS) is 12.4. The van der Waals surface area contributed by atoms with Gasteiger partial charge in [-0.05, 0) is 51.4 Å². The van der Waals surface area contributed by atoms with Crippen LogP contribution >= 0.6 is 0 Å². The summed E-state index contributed by atoms with van der Waals surface area (Å²) in [6.45, 7) is 7.70. The topological polar surface area (TPSA) is 61.8 Å². The van der Waals surface area contributed by atoms with Crippen LogP contribution in [0.25, 0.3) is 0 Å². The highest BCUT2D eigenvalue weighted by Gasteiger charge is 2.17. The van der Waals surface area contributed by atoms with E-state index in [0.29, 0.717) is 19.4 Å². The molecule has 0 aliphatic carbocycles. The van der Waals surface area contributed by atoms with Gasteiger partial charge in [0.1, 0.15) is 6.61 Å². The molecule has 0 radical (unpaired) electrons. The minimum absolute atomic E-state index is 0.0843. The maximum atomic E-state index is 12.7. The molecule has 0 amide bonds. The second-order valence-electron chi connectivity index (χ2n) is 15.6. The van der Waals surface area contributed by atoms with Crippen molar-refractivity contribution in [3.05, 3.63) is 36.5 Å². The summed E-state index contributed by atoms with van der Waals surface area (Å²) < 4.78 is 17.2. The molecule has 0 fully saturated rings. The van der Waals surface area contributed by atoms with Gasteiger partial charge >= 0.3 is 11.9 Å². The number of carbonyl (C=O) groups is 2. The Morgan fingerprint density at radius 2 is 0.833 bits per heavy atom. The van der Waals surface area contributed by atoms with Crippen molar-refractivity contribution < 1.29 is 23.8 Å². The Hall–Kier alpha value is -1.88. The number of hydrogen-bond donors (Lipinski definition) is 0. The van der Waals surface area contributed by atoms with E-state index in [-0.39, 0.29) is 25.2 Å². The lowest BCUT2D eigenvalue weighted by Crippen LogP contribution is -2.30. The first kappa shape index (κ1) is 52.1. The van der Waals surface area contributed by atoms with E-state index in [0.717, 1.165) is 70.6 Å². The monoisotopic (exact) mass is 759 g/mol. The van der Waals surface area contributed by atoms with Crippen molar-refractivity contribution in [3.8, 4) is 0 Å². The van der Waals surface area contributed by atoms with Crippen molar-refractivity contribution in [3.63, 3.8) is 0 Å². The smallest absolute Gasteiger partial charge is 0.306 e. The molecule has 0 aromatic heterocycles. The molecule has 0 rings (SSSR count). The summed E-state index contributed by atoms with van der Waals surface area (Å²) >= 11 is 0. The maximum Gasteiger partial charge on any atom is 0.306 e. The fourth-order valence-electron chi connectivity index (χ4n) is 6.70. The van der Waals surface area contributed by atoms with E-state index in [1.165, 1.54) is 135 Å². The fourth-order valence-corrected chi connectivity index (χ4v) is 6.70. The third kappa shape index (κ3) is 42.9. The molecule has 0 saturated carbocycles. The zero-order chi connectivity index (χ0) is 39.3. The first-order valence-corrected chi connectivity index (χ1v) is 23.5. The SMILES string of the molecule is CC/C=C\C/C=C\C/C=C\CCCCCCCCCC(=O)OCC(COCCCCCCCC)OC(=O)CCCCCCCCCCCCCCCCC. The standard InChI is InChI=1S/C49H90O5/c1-4-7-10-13-16-18-20-22-24-25-27-28-30-32-34-36-39-42-48(50)53-46-47(45-52-44-41-38-15-12-9-6-3)54-49(51)43-40-37-35-33-31-29-26-23-21-19-17-14-11-8-5-2/h7,10,16,18,22,24,47H,4-6,8-9,11-15,17,19-21,23,25-46H2,1-3H3/b10-7-,18-16-,24-22-. The number of rotatable bonds is 43. The molecule has 0 aromatic carbocycles. The predicted molar refractivity (Wildman–Crippen MR) is 233 cm³/mol. The number of esters is 2. The van der Waals surface area contributed by atoms with Crippen LogP contribution in [0.2, 0.25) is 0 Å². The van der Waals surface area contributed by atoms with Crippen molar-refractivity contribution in [1.82, 2.24) is 0 Å². The van der Waals surface area contributed by atoms with Crippen LogP contribution in [0.3, 0.4) is 0 Å². The van der Waals surface area contributed by atoms with Gasteiger partial charge in [-0.15, -0.1) is 0 Å². The second kappa shape index (κ2) is 45.5. The molecule has 316 valence electrons. The van der Waals surface area contributed by atoms with Crippen LogP contribution in [0, 0.1) is 0 Å². The fraction of sp³-hybridized carbons (Fsp3) is 0.837. The van der Waals surface area contributed by atoms with E-state index >= 15 is 0 Å². The van der Waals surface area contributed by atoms with Gasteiger partial charge in [0.25, 0.3) is 0 Å². The molecule has 0 heterocycles. The minimum atomic E-state index is -0.530. The van der Waals surface area contributed by atoms with E-state index in [1.54, 1.807) is 0 Å². The highest BCUT2D eigenvalue weighted by molar-refractivity contribution is 5.70. The average molecular weight is 759 g/mol. The first-order valence-electron chi connectivity index (χ1n) is 23.5. The maximum absolute atomic E-state index is 12.7. The van der Waals surface area contributed by atoms with Crippen LogP contribution in [0.4, 0.5) is 0 Å². The van der Waals surface area contributed by atoms with E-state index < -0.39 is 6.10 Å². The third-order valence-electron chi connectivity index (χ3n) is 10.2. The summed E-state index contributed by atoms with van der Waals surface area (Å²) in [6, 6.07) is 0. The predicted octanol–water partition coefficient (Wildman–Crippen LogP) is 15.4. The Bertz CT molecular complexity index is 862. The molecule has 0 spiro atoms. The van der Waals surface area contributed by atoms with Gasteiger partial charge in [0.15, 0.2) is 6.10 Å². The van der Waals surface area contributed by atoms with E-state index in [2.05, 4.69) is 57.2 Å². The Balaban J connectivity index is 4.09. The third-order valence-corrected chi connectivity index (χ3v) is 10.2. The van der Waals surface area contributed by atoms with Gasteiger partial charge in [-0.1, -0.05) is 211 Å². The van der Waals surface area contributed by atoms with Crippen molar-refractivity contribution >= 4 is 11.9 Å². The highest BCUT2D eigenvalue weighted by atomic mass is 16.6. The molecule has 5 heteroatoms. The Morgan fingerprint density at radius 1 is 0.426 bits per heavy atom. The Labute approximate surface area is 336 Å². The molecule has 54 heavy (non-hydrogen) atoms. The number of carbonyl (C=O) groups excluding carboxylic acids is 2. The molecular weight excluding hydrogens is 669 g/mol. The molecule has 0 bridgehead atoms. The molecular formula is C49H90O5. The van der Waals surface area contributed by atoms with Gasteiger partial charge in [-0.3, -0.25) is 9.59 Å². The average Bonchev–Trinajstić information content (AvgIpc) is 3.17. The van der Waals surface area contributed by atoms with Gasteiger partial charge in [-0.2, -0.15) is 0 Å². The van der Waals surface area contributed by atoms with Gasteiger partial charge in [-0.25, -0.2) is 0 Å². The molecule has 1 atom stereocenters. The quantitative estimate of drug-likeness (QED) is 0.0352. The summed E-state index contributed by atoms with van der Waals surface area (Å²) in [6.07, 6.45) is 52.9. The summed E-state index contributed by atoms with van der Waals surface area (Å²) in [4.78, 5) is 25.2. The van der Waals surface area contributed by atoms with Gasteiger partial charge in [0.2, 0.25) is 0 Å². The van der Waals surface area contributed by atoms with Crippen LogP contribution in [0.5, 0.6) is 0 Å². The summed E-state index contributed by atoms with van der Waals surface area (Å²) in [7, 11) is 0. The van der Waals surface area contributed by atoms with Gasteiger partial charge in [0, 0.05) is 19.4 Å². The lowest BCUT2D eigenvalue weighted by atomic mass is 10.0. The Morgan fingerprint density at radius 3 is 1.33 bits per heavy atom. The zero-order valence-electron chi connectivity index (χ0n) is 36.2.